The molecular weight excluding hydrogens is 715 g/mol. The van der Waals surface area contributed by atoms with E-state index in [4.69, 9.17) is 0 Å². The van der Waals surface area contributed by atoms with E-state index in [0.717, 1.165) is 27.8 Å². The SMILES string of the molecule is Cc1cc2c(O)c(c1)Cc1cc(C)cc(c1O)C(c1ccc([N+](=O)[O-])cc1)c1cc(C)cc(c1O)Cc1cc(C)cc(c1O)Cc1cc(C(C)(C)C)cc(c1O)C2. The van der Waals surface area contributed by atoms with Crippen molar-refractivity contribution in [3.63, 3.8) is 0 Å². The summed E-state index contributed by atoms with van der Waals surface area (Å²) < 4.78 is 0. The van der Waals surface area contributed by atoms with Gasteiger partial charge in [-0.05, 0) is 88.7 Å². The summed E-state index contributed by atoms with van der Waals surface area (Å²) in [4.78, 5) is 11.2. The van der Waals surface area contributed by atoms with Gasteiger partial charge < -0.3 is 25.5 Å². The Balaban J connectivity index is 1.54. The van der Waals surface area contributed by atoms with Gasteiger partial charge in [0.25, 0.3) is 5.69 Å². The van der Waals surface area contributed by atoms with E-state index in [0.29, 0.717) is 61.2 Å². The number of phenols is 5. The molecule has 6 aromatic rings. The highest BCUT2D eigenvalue weighted by Crippen LogP contribution is 2.46. The van der Waals surface area contributed by atoms with Gasteiger partial charge in [-0.1, -0.05) is 116 Å². The van der Waals surface area contributed by atoms with Crippen molar-refractivity contribution < 1.29 is 30.5 Å². The number of benzene rings is 6. The van der Waals surface area contributed by atoms with E-state index in [9.17, 15) is 35.6 Å². The summed E-state index contributed by atoms with van der Waals surface area (Å²) >= 11 is 0. The van der Waals surface area contributed by atoms with Crippen LogP contribution in [-0.2, 0) is 31.1 Å². The number of fused-ring (bicyclic) bond motifs is 10. The van der Waals surface area contributed by atoms with E-state index in [1.54, 1.807) is 12.1 Å². The van der Waals surface area contributed by atoms with Crippen molar-refractivity contribution in [3.8, 4) is 28.7 Å². The molecule has 0 amide bonds. The third-order valence-electron chi connectivity index (χ3n) is 11.3. The molecule has 0 fully saturated rings. The smallest absolute Gasteiger partial charge is 0.269 e. The second-order valence-corrected chi connectivity index (χ2v) is 17.0. The lowest BCUT2D eigenvalue weighted by Crippen LogP contribution is -2.13. The highest BCUT2D eigenvalue weighted by atomic mass is 16.6. The zero-order chi connectivity index (χ0) is 41.1. The number of nitro benzene ring substituents is 1. The predicted octanol–water partition coefficient (Wildman–Crippen LogP) is 10.5. The van der Waals surface area contributed by atoms with E-state index in [2.05, 4.69) is 20.8 Å². The average molecular weight is 764 g/mol. The van der Waals surface area contributed by atoms with Crippen molar-refractivity contribution in [1.29, 1.82) is 0 Å². The molecule has 6 aromatic carbocycles. The number of phenolic OH excluding ortho intramolecular Hbond substituents is 5. The molecule has 7 rings (SSSR count). The van der Waals surface area contributed by atoms with Crippen LogP contribution in [0.2, 0.25) is 0 Å². The Morgan fingerprint density at radius 2 is 0.789 bits per heavy atom. The zero-order valence-corrected chi connectivity index (χ0v) is 33.5. The molecule has 8 heteroatoms. The minimum atomic E-state index is -0.748. The quantitative estimate of drug-likeness (QED) is 0.0871. The standard InChI is InChI=1S/C49H49NO7/c1-26-12-31-20-35-16-28(3)18-41(47(35)54)43(30-8-10-40(11-9-30)50(56)57)42-19-29(4)17-36(48(42)55)21-32-13-27(2)15-34(45(32)52)23-38-25-39(49(5,6)7)24-37(46(38)53)22-33(14-26)44(31)51/h8-19,24-25,43,51-55H,20-23H2,1-7H3. The Morgan fingerprint density at radius 1 is 0.491 bits per heavy atom. The van der Waals surface area contributed by atoms with Gasteiger partial charge in [0, 0.05) is 54.9 Å². The maximum absolute atomic E-state index is 12.2. The number of aromatic hydroxyl groups is 5. The summed E-state index contributed by atoms with van der Waals surface area (Å²) in [5.74, 6) is -0.570. The van der Waals surface area contributed by atoms with Crippen LogP contribution < -0.4 is 0 Å². The van der Waals surface area contributed by atoms with E-state index >= 15 is 0 Å². The molecule has 0 saturated heterocycles. The van der Waals surface area contributed by atoms with Crippen molar-refractivity contribution in [2.75, 3.05) is 0 Å². The minimum Gasteiger partial charge on any atom is -0.507 e. The number of nitrogens with zero attached hydrogens (tertiary/aromatic N) is 1. The highest BCUT2D eigenvalue weighted by molar-refractivity contribution is 5.62. The van der Waals surface area contributed by atoms with Gasteiger partial charge in [-0.15, -0.1) is 0 Å². The second kappa shape index (κ2) is 14.7. The number of aryl methyl sites for hydroxylation is 4. The molecule has 0 saturated carbocycles. The van der Waals surface area contributed by atoms with Crippen molar-refractivity contribution in [2.45, 2.75) is 85.5 Å². The Labute approximate surface area is 333 Å². The lowest BCUT2D eigenvalue weighted by atomic mass is 9.80. The summed E-state index contributed by atoms with van der Waals surface area (Å²) in [5, 5.41) is 71.9. The molecule has 0 aliphatic heterocycles. The van der Waals surface area contributed by atoms with E-state index < -0.39 is 10.8 Å². The number of hydrogen-bond acceptors (Lipinski definition) is 7. The molecule has 10 bridgehead atoms. The molecule has 0 radical (unpaired) electrons. The Morgan fingerprint density at radius 3 is 1.11 bits per heavy atom. The number of nitro groups is 1. The Hall–Kier alpha value is -6.28. The Bertz CT molecular complexity index is 2440. The lowest BCUT2D eigenvalue weighted by Gasteiger charge is -2.25. The van der Waals surface area contributed by atoms with E-state index in [-0.39, 0.29) is 65.5 Å². The first kappa shape index (κ1) is 39.0. The first-order valence-electron chi connectivity index (χ1n) is 19.2. The predicted molar refractivity (Wildman–Crippen MR) is 223 cm³/mol. The fourth-order valence-electron chi connectivity index (χ4n) is 8.48. The molecule has 57 heavy (non-hydrogen) atoms. The molecule has 1 aliphatic rings. The molecule has 0 aromatic heterocycles. The van der Waals surface area contributed by atoms with Crippen LogP contribution in [0.3, 0.4) is 0 Å². The van der Waals surface area contributed by atoms with Crippen molar-refractivity contribution in [2.24, 2.45) is 0 Å². The van der Waals surface area contributed by atoms with Crippen LogP contribution in [-0.4, -0.2) is 30.5 Å². The third-order valence-corrected chi connectivity index (χ3v) is 11.3. The topological polar surface area (TPSA) is 144 Å². The summed E-state index contributed by atoms with van der Waals surface area (Å²) in [6, 6.07) is 25.2. The maximum Gasteiger partial charge on any atom is 0.269 e. The monoisotopic (exact) mass is 763 g/mol. The molecule has 0 atom stereocenters. The molecule has 0 heterocycles. The average Bonchev–Trinajstić information content (AvgIpc) is 3.13. The van der Waals surface area contributed by atoms with Gasteiger partial charge in [-0.25, -0.2) is 0 Å². The van der Waals surface area contributed by atoms with Crippen molar-refractivity contribution in [1.82, 2.24) is 0 Å². The van der Waals surface area contributed by atoms with Crippen LogP contribution in [0.25, 0.3) is 0 Å². The van der Waals surface area contributed by atoms with Crippen LogP contribution >= 0.6 is 0 Å². The van der Waals surface area contributed by atoms with Crippen LogP contribution in [0.15, 0.2) is 84.9 Å². The third kappa shape index (κ3) is 7.64. The van der Waals surface area contributed by atoms with Gasteiger partial charge in [0.15, 0.2) is 0 Å². The highest BCUT2D eigenvalue weighted by Gasteiger charge is 2.29. The fourth-order valence-corrected chi connectivity index (χ4v) is 8.48. The van der Waals surface area contributed by atoms with Gasteiger partial charge in [0.1, 0.15) is 28.7 Å². The summed E-state index contributed by atoms with van der Waals surface area (Å²) in [6.07, 6.45) is 0.862. The normalized spacial score (nSPS) is 13.3. The molecule has 0 spiro atoms. The van der Waals surface area contributed by atoms with Gasteiger partial charge in [0.05, 0.1) is 4.92 Å². The van der Waals surface area contributed by atoms with Crippen LogP contribution in [0.4, 0.5) is 5.69 Å². The molecule has 292 valence electrons. The molecule has 0 unspecified atom stereocenters. The minimum absolute atomic E-state index is 0.0237. The van der Waals surface area contributed by atoms with Crippen molar-refractivity contribution >= 4 is 5.69 Å². The first-order valence-corrected chi connectivity index (χ1v) is 19.2. The Kier molecular flexibility index (Phi) is 10.0. The van der Waals surface area contributed by atoms with Crippen LogP contribution in [0.5, 0.6) is 28.7 Å². The summed E-state index contributed by atoms with van der Waals surface area (Å²) in [7, 11) is 0. The van der Waals surface area contributed by atoms with Gasteiger partial charge >= 0.3 is 0 Å². The fraction of sp³-hybridized carbons (Fsp3) is 0.265. The van der Waals surface area contributed by atoms with E-state index in [1.165, 1.54) is 12.1 Å². The molecular formula is C49H49NO7. The molecule has 8 nitrogen and oxygen atoms in total. The van der Waals surface area contributed by atoms with Gasteiger partial charge in [0.2, 0.25) is 0 Å². The largest absolute Gasteiger partial charge is 0.507 e. The van der Waals surface area contributed by atoms with Gasteiger partial charge in [-0.2, -0.15) is 0 Å². The first-order chi connectivity index (χ1) is 26.9. The number of rotatable bonds is 2. The van der Waals surface area contributed by atoms with Crippen LogP contribution in [0.1, 0.15) is 116 Å². The summed E-state index contributed by atoms with van der Waals surface area (Å²) in [6.45, 7) is 14.1. The van der Waals surface area contributed by atoms with Gasteiger partial charge in [-0.3, -0.25) is 10.1 Å². The van der Waals surface area contributed by atoms with Crippen LogP contribution in [0, 0.1) is 37.8 Å². The lowest BCUT2D eigenvalue weighted by molar-refractivity contribution is -0.384. The summed E-state index contributed by atoms with van der Waals surface area (Å²) in [5.41, 5.74) is 10.6. The zero-order valence-electron chi connectivity index (χ0n) is 33.5. The van der Waals surface area contributed by atoms with E-state index in [1.807, 2.05) is 88.4 Å². The molecule has 1 aliphatic carbocycles. The second-order valence-electron chi connectivity index (χ2n) is 17.0. The van der Waals surface area contributed by atoms with Crippen molar-refractivity contribution in [3.05, 3.63) is 184 Å². The number of hydrogen-bond donors (Lipinski definition) is 5. The number of non-ortho nitro benzene ring substituents is 1. The maximum atomic E-state index is 12.2. The molecule has 5 N–H and O–H groups in total.